The Balaban J connectivity index is 2.15. The molecule has 0 spiro atoms. The monoisotopic (exact) mass is 344 g/mol. The van der Waals surface area contributed by atoms with E-state index in [1.165, 1.54) is 0 Å². The predicted molar refractivity (Wildman–Crippen MR) is 84.8 cm³/mol. The van der Waals surface area contributed by atoms with E-state index in [0.29, 0.717) is 26.4 Å². The van der Waals surface area contributed by atoms with Gasteiger partial charge in [-0.2, -0.15) is 0 Å². The fraction of sp³-hybridized carbons (Fsp3) is 0.0714. The molecule has 4 nitrogen and oxygen atoms in total. The van der Waals surface area contributed by atoms with Crippen LogP contribution >= 0.6 is 34.8 Å². The minimum atomic E-state index is -0.0118. The largest absolute Gasteiger partial charge is 0.487 e. The number of halogens is 3. The first-order valence-electron chi connectivity index (χ1n) is 5.86. The molecule has 0 saturated carbocycles. The minimum absolute atomic E-state index is 0.0118. The number of benzene rings is 2. The molecule has 0 aliphatic rings. The van der Waals surface area contributed by atoms with E-state index in [4.69, 9.17) is 50.5 Å². The van der Waals surface area contributed by atoms with Crippen LogP contribution in [0.25, 0.3) is 0 Å². The van der Waals surface area contributed by atoms with Crippen LogP contribution in [-0.2, 0) is 6.61 Å². The van der Waals surface area contributed by atoms with E-state index in [0.717, 1.165) is 5.56 Å². The van der Waals surface area contributed by atoms with Gasteiger partial charge in [-0.1, -0.05) is 58.2 Å². The van der Waals surface area contributed by atoms with Crippen LogP contribution in [0.2, 0.25) is 15.1 Å². The molecule has 0 radical (unpaired) electrons. The second-order valence-corrected chi connectivity index (χ2v) is 5.32. The molecule has 0 heterocycles. The molecule has 0 fully saturated rings. The molecular weight excluding hydrogens is 335 g/mol. The average Bonchev–Trinajstić information content (AvgIpc) is 2.49. The summed E-state index contributed by atoms with van der Waals surface area (Å²) in [6.07, 6.45) is 0. The van der Waals surface area contributed by atoms with Crippen molar-refractivity contribution in [1.29, 1.82) is 0 Å². The van der Waals surface area contributed by atoms with E-state index in [2.05, 4.69) is 5.16 Å². The number of oxime groups is 1. The SMILES string of the molecule is N/C(=N/O)c1ccc(COc2cccc(Cl)c2Cl)c(Cl)c1. The van der Waals surface area contributed by atoms with Gasteiger partial charge in [-0.15, -0.1) is 0 Å². The van der Waals surface area contributed by atoms with E-state index >= 15 is 0 Å². The van der Waals surface area contributed by atoms with E-state index in [1.807, 2.05) is 0 Å². The molecule has 0 atom stereocenters. The van der Waals surface area contributed by atoms with Crippen LogP contribution in [0.15, 0.2) is 41.6 Å². The number of ether oxygens (including phenoxy) is 1. The van der Waals surface area contributed by atoms with Gasteiger partial charge >= 0.3 is 0 Å². The Labute approximate surface area is 136 Å². The summed E-state index contributed by atoms with van der Waals surface area (Å²) < 4.78 is 5.60. The maximum absolute atomic E-state index is 8.62. The molecule has 7 heteroatoms. The Morgan fingerprint density at radius 3 is 2.57 bits per heavy atom. The number of hydrogen-bond donors (Lipinski definition) is 2. The van der Waals surface area contributed by atoms with Gasteiger partial charge in [0.25, 0.3) is 0 Å². The first-order valence-corrected chi connectivity index (χ1v) is 6.99. The summed E-state index contributed by atoms with van der Waals surface area (Å²) in [6, 6.07) is 10.1. The zero-order valence-electron chi connectivity index (χ0n) is 10.7. The van der Waals surface area contributed by atoms with Crippen molar-refractivity contribution in [2.75, 3.05) is 0 Å². The fourth-order valence-electron chi connectivity index (χ4n) is 1.63. The Morgan fingerprint density at radius 1 is 1.14 bits per heavy atom. The number of rotatable bonds is 4. The molecule has 0 aliphatic heterocycles. The lowest BCUT2D eigenvalue weighted by Crippen LogP contribution is -2.13. The van der Waals surface area contributed by atoms with Crippen molar-refractivity contribution < 1.29 is 9.94 Å². The third kappa shape index (κ3) is 3.73. The summed E-state index contributed by atoms with van der Waals surface area (Å²) in [5.74, 6) is 0.461. The molecule has 2 aromatic rings. The normalized spacial score (nSPS) is 11.5. The lowest BCUT2D eigenvalue weighted by molar-refractivity contribution is 0.306. The Morgan fingerprint density at radius 2 is 1.90 bits per heavy atom. The van der Waals surface area contributed by atoms with Crippen LogP contribution in [-0.4, -0.2) is 11.0 Å². The van der Waals surface area contributed by atoms with Crippen molar-refractivity contribution in [3.63, 3.8) is 0 Å². The summed E-state index contributed by atoms with van der Waals surface area (Å²) in [5.41, 5.74) is 6.75. The van der Waals surface area contributed by atoms with E-state index in [-0.39, 0.29) is 12.4 Å². The first-order chi connectivity index (χ1) is 10.0. The zero-order chi connectivity index (χ0) is 15.4. The summed E-state index contributed by atoms with van der Waals surface area (Å²) >= 11 is 18.1. The number of nitrogens with zero attached hydrogens (tertiary/aromatic N) is 1. The molecule has 0 saturated heterocycles. The van der Waals surface area contributed by atoms with Crippen molar-refractivity contribution in [3.8, 4) is 5.75 Å². The maximum Gasteiger partial charge on any atom is 0.170 e. The van der Waals surface area contributed by atoms with Crippen molar-refractivity contribution in [1.82, 2.24) is 0 Å². The fourth-order valence-corrected chi connectivity index (χ4v) is 2.21. The lowest BCUT2D eigenvalue weighted by atomic mass is 10.1. The molecule has 0 unspecified atom stereocenters. The highest BCUT2D eigenvalue weighted by Crippen LogP contribution is 2.32. The van der Waals surface area contributed by atoms with Gasteiger partial charge in [-0.3, -0.25) is 0 Å². The van der Waals surface area contributed by atoms with Gasteiger partial charge in [0, 0.05) is 16.1 Å². The quantitative estimate of drug-likeness (QED) is 0.375. The van der Waals surface area contributed by atoms with Crippen molar-refractivity contribution >= 4 is 40.6 Å². The zero-order valence-corrected chi connectivity index (χ0v) is 13.0. The molecule has 0 bridgehead atoms. The van der Waals surface area contributed by atoms with Gasteiger partial charge in [-0.25, -0.2) is 0 Å². The van der Waals surface area contributed by atoms with E-state index in [9.17, 15) is 0 Å². The van der Waals surface area contributed by atoms with Gasteiger partial charge in [0.1, 0.15) is 17.4 Å². The molecule has 2 aromatic carbocycles. The number of amidine groups is 1. The van der Waals surface area contributed by atoms with Crippen molar-refractivity contribution in [3.05, 3.63) is 62.6 Å². The van der Waals surface area contributed by atoms with Crippen LogP contribution in [0.4, 0.5) is 0 Å². The highest BCUT2D eigenvalue weighted by molar-refractivity contribution is 6.42. The second kappa shape index (κ2) is 6.89. The lowest BCUT2D eigenvalue weighted by Gasteiger charge is -2.10. The van der Waals surface area contributed by atoms with Crippen molar-refractivity contribution in [2.45, 2.75) is 6.61 Å². The van der Waals surface area contributed by atoms with Crippen LogP contribution in [0.3, 0.4) is 0 Å². The van der Waals surface area contributed by atoms with Gasteiger partial charge in [0.15, 0.2) is 5.84 Å². The van der Waals surface area contributed by atoms with E-state index in [1.54, 1.807) is 36.4 Å². The first kappa shape index (κ1) is 15.8. The van der Waals surface area contributed by atoms with Crippen molar-refractivity contribution in [2.24, 2.45) is 10.9 Å². The molecule has 21 heavy (non-hydrogen) atoms. The highest BCUT2D eigenvalue weighted by atomic mass is 35.5. The molecule has 0 amide bonds. The van der Waals surface area contributed by atoms with E-state index < -0.39 is 0 Å². The summed E-state index contributed by atoms with van der Waals surface area (Å²) in [7, 11) is 0. The summed E-state index contributed by atoms with van der Waals surface area (Å²) in [5, 5.41) is 12.8. The standard InChI is InChI=1S/C14H11Cl3N2O2/c15-10-2-1-3-12(13(10)17)21-7-9-5-4-8(6-11(9)16)14(18)19-20/h1-6,20H,7H2,(H2,18,19). The Bertz CT molecular complexity index is 690. The van der Waals surface area contributed by atoms with Gasteiger partial charge in [0.05, 0.1) is 5.02 Å². The third-order valence-electron chi connectivity index (χ3n) is 2.76. The van der Waals surface area contributed by atoms with Gasteiger partial charge in [0.2, 0.25) is 0 Å². The Hall–Kier alpha value is -1.62. The molecule has 0 aliphatic carbocycles. The molecule has 110 valence electrons. The van der Waals surface area contributed by atoms with Crippen LogP contribution in [0.5, 0.6) is 5.75 Å². The Kier molecular flexibility index (Phi) is 5.17. The average molecular weight is 346 g/mol. The van der Waals surface area contributed by atoms with Crippen LogP contribution in [0, 0.1) is 0 Å². The summed E-state index contributed by atoms with van der Waals surface area (Å²) in [4.78, 5) is 0. The van der Waals surface area contributed by atoms with Crippen LogP contribution < -0.4 is 10.5 Å². The van der Waals surface area contributed by atoms with Gasteiger partial charge < -0.3 is 15.7 Å². The second-order valence-electron chi connectivity index (χ2n) is 4.13. The molecule has 2 rings (SSSR count). The smallest absolute Gasteiger partial charge is 0.170 e. The number of hydrogen-bond acceptors (Lipinski definition) is 3. The van der Waals surface area contributed by atoms with Gasteiger partial charge in [-0.05, 0) is 18.2 Å². The number of nitrogens with two attached hydrogens (primary N) is 1. The van der Waals surface area contributed by atoms with Crippen LogP contribution in [0.1, 0.15) is 11.1 Å². The molecular formula is C14H11Cl3N2O2. The summed E-state index contributed by atoms with van der Waals surface area (Å²) in [6.45, 7) is 0.218. The molecule has 0 aromatic heterocycles. The molecule has 3 N–H and O–H groups in total. The minimum Gasteiger partial charge on any atom is -0.487 e. The predicted octanol–water partition coefficient (Wildman–Crippen LogP) is 4.32. The maximum atomic E-state index is 8.62. The third-order valence-corrected chi connectivity index (χ3v) is 3.91. The topological polar surface area (TPSA) is 67.8 Å². The highest BCUT2D eigenvalue weighted by Gasteiger charge is 2.09.